The highest BCUT2D eigenvalue weighted by Crippen LogP contribution is 2.48. The number of anilines is 2. The lowest BCUT2D eigenvalue weighted by Gasteiger charge is -2.38. The fraction of sp³-hybridized carbons (Fsp3) is 0.345. The van der Waals surface area contributed by atoms with E-state index in [1.165, 1.54) is 0 Å². The molecule has 0 saturated carbocycles. The molecule has 1 amide bonds. The Kier molecular flexibility index (Phi) is 9.48. The van der Waals surface area contributed by atoms with Gasteiger partial charge in [-0.1, -0.05) is 60.7 Å². The van der Waals surface area contributed by atoms with Crippen LogP contribution in [-0.2, 0) is 10.2 Å². The van der Waals surface area contributed by atoms with Crippen LogP contribution in [0.4, 0.5) is 11.4 Å². The molecule has 0 N–H and O–H groups in total. The SMILES string of the molecule is COc1ccccc1N1CCN(CCC2(c3ccccc3)C(=O)N(N(C)C)c3ccccc32)CC1.Cl.Cl. The van der Waals surface area contributed by atoms with Gasteiger partial charge in [-0.3, -0.25) is 9.69 Å². The molecule has 0 aromatic heterocycles. The summed E-state index contributed by atoms with van der Waals surface area (Å²) in [5, 5.41) is 3.74. The smallest absolute Gasteiger partial charge is 0.256 e. The molecule has 0 aliphatic carbocycles. The number of hydrogen-bond donors (Lipinski definition) is 0. The van der Waals surface area contributed by atoms with Gasteiger partial charge in [0.2, 0.25) is 0 Å². The third-order valence-corrected chi connectivity index (χ3v) is 7.42. The largest absolute Gasteiger partial charge is 0.495 e. The van der Waals surface area contributed by atoms with Crippen LogP contribution >= 0.6 is 24.8 Å². The minimum atomic E-state index is -0.693. The number of hydrazine groups is 1. The van der Waals surface area contributed by atoms with E-state index in [2.05, 4.69) is 52.3 Å². The predicted octanol–water partition coefficient (Wildman–Crippen LogP) is 4.86. The van der Waals surface area contributed by atoms with Gasteiger partial charge in [0.1, 0.15) is 11.2 Å². The number of hydrogen-bond acceptors (Lipinski definition) is 5. The first-order valence-electron chi connectivity index (χ1n) is 12.3. The van der Waals surface area contributed by atoms with Crippen LogP contribution in [0.3, 0.4) is 0 Å². The highest BCUT2D eigenvalue weighted by Gasteiger charge is 2.52. The molecule has 0 spiro atoms. The first-order valence-corrected chi connectivity index (χ1v) is 12.3. The Labute approximate surface area is 232 Å². The van der Waals surface area contributed by atoms with Gasteiger partial charge in [-0.15, -0.1) is 24.8 Å². The summed E-state index contributed by atoms with van der Waals surface area (Å²) >= 11 is 0. The Morgan fingerprint density at radius 3 is 2.05 bits per heavy atom. The Bertz CT molecular complexity index is 1190. The third-order valence-electron chi connectivity index (χ3n) is 7.42. The van der Waals surface area contributed by atoms with E-state index in [1.807, 2.05) is 60.5 Å². The minimum Gasteiger partial charge on any atom is -0.495 e. The summed E-state index contributed by atoms with van der Waals surface area (Å²) in [7, 11) is 5.60. The van der Waals surface area contributed by atoms with Gasteiger partial charge in [-0.05, 0) is 42.3 Å². The summed E-state index contributed by atoms with van der Waals surface area (Å²) in [4.78, 5) is 19.0. The van der Waals surface area contributed by atoms with Gasteiger partial charge in [0.15, 0.2) is 0 Å². The molecule has 37 heavy (non-hydrogen) atoms. The lowest BCUT2D eigenvalue weighted by atomic mass is 9.72. The van der Waals surface area contributed by atoms with Crippen molar-refractivity contribution in [1.82, 2.24) is 9.91 Å². The van der Waals surface area contributed by atoms with Crippen molar-refractivity contribution in [3.8, 4) is 5.75 Å². The number of methoxy groups -OCH3 is 1. The molecule has 2 heterocycles. The first-order chi connectivity index (χ1) is 17.1. The van der Waals surface area contributed by atoms with E-state index in [9.17, 15) is 4.79 Å². The minimum absolute atomic E-state index is 0. The number of halogens is 2. The van der Waals surface area contributed by atoms with Crippen molar-refractivity contribution < 1.29 is 9.53 Å². The maximum Gasteiger partial charge on any atom is 0.256 e. The van der Waals surface area contributed by atoms with Crippen molar-refractivity contribution in [1.29, 1.82) is 0 Å². The second-order valence-corrected chi connectivity index (χ2v) is 9.50. The second-order valence-electron chi connectivity index (χ2n) is 9.50. The maximum atomic E-state index is 14.2. The highest BCUT2D eigenvalue weighted by molar-refractivity contribution is 6.09. The van der Waals surface area contributed by atoms with Gasteiger partial charge < -0.3 is 9.64 Å². The normalized spacial score (nSPS) is 19.3. The predicted molar refractivity (Wildman–Crippen MR) is 156 cm³/mol. The average Bonchev–Trinajstić information content (AvgIpc) is 3.16. The molecule has 0 radical (unpaired) electrons. The molecule has 0 bridgehead atoms. The molecule has 1 atom stereocenters. The van der Waals surface area contributed by atoms with Crippen LogP contribution in [0.1, 0.15) is 17.5 Å². The number of para-hydroxylation sites is 3. The van der Waals surface area contributed by atoms with Crippen LogP contribution in [0.5, 0.6) is 5.75 Å². The van der Waals surface area contributed by atoms with E-state index in [1.54, 1.807) is 7.11 Å². The molecule has 2 aliphatic heterocycles. The van der Waals surface area contributed by atoms with Crippen LogP contribution in [0.15, 0.2) is 78.9 Å². The standard InChI is InChI=1S/C29H34N4O2.2ClH/c1-30(2)33-25-14-8-7-13-24(25)29(28(33)34,23-11-5-4-6-12-23)17-18-31-19-21-32(22-20-31)26-15-9-10-16-27(26)35-3;;/h4-16H,17-22H2,1-3H3;2*1H. The Morgan fingerprint density at radius 1 is 0.811 bits per heavy atom. The Hall–Kier alpha value is -2.77. The highest BCUT2D eigenvalue weighted by atomic mass is 35.5. The molecule has 5 rings (SSSR count). The van der Waals surface area contributed by atoms with Crippen molar-refractivity contribution in [2.75, 3.05) is 63.8 Å². The maximum absolute atomic E-state index is 14.2. The topological polar surface area (TPSA) is 39.3 Å². The lowest BCUT2D eigenvalue weighted by molar-refractivity contribution is -0.124. The molecule has 1 saturated heterocycles. The summed E-state index contributed by atoms with van der Waals surface area (Å²) in [6.45, 7) is 4.64. The molecular weight excluding hydrogens is 507 g/mol. The lowest BCUT2D eigenvalue weighted by Crippen LogP contribution is -2.50. The number of fused-ring (bicyclic) bond motifs is 1. The molecule has 3 aromatic carbocycles. The van der Waals surface area contributed by atoms with Gasteiger partial charge in [-0.2, -0.15) is 0 Å². The number of piperazine rings is 1. The van der Waals surface area contributed by atoms with E-state index in [-0.39, 0.29) is 30.7 Å². The van der Waals surface area contributed by atoms with Crippen molar-refractivity contribution in [2.45, 2.75) is 11.8 Å². The van der Waals surface area contributed by atoms with E-state index in [0.717, 1.165) is 67.4 Å². The van der Waals surface area contributed by atoms with Crippen LogP contribution in [-0.4, -0.2) is 69.7 Å². The zero-order valence-electron chi connectivity index (χ0n) is 21.7. The van der Waals surface area contributed by atoms with Crippen LogP contribution < -0.4 is 14.6 Å². The molecule has 2 aliphatic rings. The summed E-state index contributed by atoms with van der Waals surface area (Å²) in [6, 6.07) is 26.8. The zero-order chi connectivity index (χ0) is 24.4. The number of nitrogens with zero attached hydrogens (tertiary/aromatic N) is 4. The monoisotopic (exact) mass is 542 g/mol. The fourth-order valence-corrected chi connectivity index (χ4v) is 5.64. The van der Waals surface area contributed by atoms with Crippen LogP contribution in [0, 0.1) is 0 Å². The van der Waals surface area contributed by atoms with Crippen LogP contribution in [0.25, 0.3) is 0 Å². The van der Waals surface area contributed by atoms with Crippen molar-refractivity contribution in [2.24, 2.45) is 0 Å². The van der Waals surface area contributed by atoms with Crippen molar-refractivity contribution in [3.63, 3.8) is 0 Å². The van der Waals surface area contributed by atoms with Gasteiger partial charge in [0, 0.05) is 40.3 Å². The second kappa shape index (κ2) is 12.2. The number of amides is 1. The molecule has 6 nitrogen and oxygen atoms in total. The summed E-state index contributed by atoms with van der Waals surface area (Å²) in [6.07, 6.45) is 0.742. The fourth-order valence-electron chi connectivity index (χ4n) is 5.64. The van der Waals surface area contributed by atoms with E-state index < -0.39 is 5.41 Å². The zero-order valence-corrected chi connectivity index (χ0v) is 23.3. The third kappa shape index (κ3) is 5.16. The quantitative estimate of drug-likeness (QED) is 0.426. The van der Waals surface area contributed by atoms with Gasteiger partial charge in [-0.25, -0.2) is 10.0 Å². The Morgan fingerprint density at radius 2 is 1.41 bits per heavy atom. The molecule has 1 fully saturated rings. The molecule has 3 aromatic rings. The number of ether oxygens (including phenoxy) is 1. The van der Waals surface area contributed by atoms with E-state index >= 15 is 0 Å². The van der Waals surface area contributed by atoms with Crippen molar-refractivity contribution in [3.05, 3.63) is 90.0 Å². The van der Waals surface area contributed by atoms with Gasteiger partial charge in [0.05, 0.1) is 18.5 Å². The summed E-state index contributed by atoms with van der Waals surface area (Å²) < 4.78 is 5.58. The van der Waals surface area contributed by atoms with E-state index in [4.69, 9.17) is 4.74 Å². The van der Waals surface area contributed by atoms with Gasteiger partial charge in [0.25, 0.3) is 5.91 Å². The summed E-state index contributed by atoms with van der Waals surface area (Å²) in [5.41, 5.74) is 3.60. The number of carbonyl (C=O) groups excluding carboxylic acids is 1. The molecule has 8 heteroatoms. The number of benzene rings is 3. The van der Waals surface area contributed by atoms with Crippen LogP contribution in [0.2, 0.25) is 0 Å². The van der Waals surface area contributed by atoms with E-state index in [0.29, 0.717) is 0 Å². The first kappa shape index (κ1) is 28.8. The summed E-state index contributed by atoms with van der Waals surface area (Å²) in [5.74, 6) is 1.04. The molecule has 198 valence electrons. The average molecular weight is 544 g/mol. The number of rotatable bonds is 7. The molecule has 1 unspecified atom stereocenters. The molecular formula is C29H36Cl2N4O2. The number of carbonyl (C=O) groups is 1. The van der Waals surface area contributed by atoms with Crippen molar-refractivity contribution >= 4 is 42.1 Å². The van der Waals surface area contributed by atoms with Gasteiger partial charge >= 0.3 is 0 Å². The Balaban J connectivity index is 0.00000190.